The lowest BCUT2D eigenvalue weighted by atomic mass is 10.0. The van der Waals surface area contributed by atoms with Gasteiger partial charge in [0.15, 0.2) is 34.6 Å². The van der Waals surface area contributed by atoms with Gasteiger partial charge in [-0.05, 0) is 49.2 Å². The molecule has 0 radical (unpaired) electrons. The maximum atomic E-state index is 12.9. The Kier molecular flexibility index (Phi) is 20.5. The first-order valence-electron chi connectivity index (χ1n) is 18.6. The highest BCUT2D eigenvalue weighted by Gasteiger charge is 2.14. The monoisotopic (exact) mass is 668 g/mol. The molecule has 0 fully saturated rings. The van der Waals surface area contributed by atoms with Crippen LogP contribution >= 0.6 is 0 Å². The number of Topliss-reactive ketones (excluding diaryl/α,β-unsaturated/α-hetero) is 2. The van der Waals surface area contributed by atoms with Crippen molar-refractivity contribution in [2.75, 3.05) is 52.9 Å². The molecule has 0 bridgehead atoms. The molecule has 2 aromatic rings. The summed E-state index contributed by atoms with van der Waals surface area (Å²) in [6.07, 6.45) is 17.5. The maximum absolute atomic E-state index is 12.9. The van der Waals surface area contributed by atoms with Crippen molar-refractivity contribution < 1.29 is 38.0 Å². The maximum Gasteiger partial charge on any atom is 0.163 e. The first-order valence-corrected chi connectivity index (χ1v) is 18.6. The lowest BCUT2D eigenvalue weighted by Crippen LogP contribution is -2.16. The first kappa shape index (κ1) is 39.3. The predicted molar refractivity (Wildman–Crippen MR) is 190 cm³/mol. The van der Waals surface area contributed by atoms with Gasteiger partial charge in [-0.25, -0.2) is 0 Å². The highest BCUT2D eigenvalue weighted by Crippen LogP contribution is 2.31. The van der Waals surface area contributed by atoms with Gasteiger partial charge in [-0.15, -0.1) is 0 Å². The summed E-state index contributed by atoms with van der Waals surface area (Å²) in [6, 6.07) is 10.8. The van der Waals surface area contributed by atoms with Crippen molar-refractivity contribution in [3.8, 4) is 23.0 Å². The van der Waals surface area contributed by atoms with E-state index in [1.54, 1.807) is 24.3 Å². The zero-order chi connectivity index (χ0) is 34.1. The predicted octanol–water partition coefficient (Wildman–Crippen LogP) is 9.60. The van der Waals surface area contributed by atoms with E-state index in [4.69, 9.17) is 28.4 Å². The zero-order valence-corrected chi connectivity index (χ0v) is 29.7. The van der Waals surface area contributed by atoms with E-state index in [9.17, 15) is 9.59 Å². The lowest BCUT2D eigenvalue weighted by molar-refractivity contribution is 0.0639. The standard InChI is InChI=1S/C40H60O8/c1-3-5-7-9-11-13-15-17-35(41)33-19-21-37-39(31-33)47-29-25-43-24-28-46-38-22-20-34(32-40(38)48-30-26-44-23-27-45-37)36(42)18-16-14-12-10-8-6-4-2/h19-22,31-32H,3-18,23-30H2,1-2H3. The van der Waals surface area contributed by atoms with Crippen LogP contribution in [-0.4, -0.2) is 64.4 Å². The first-order chi connectivity index (χ1) is 23.6. The number of fused-ring (bicyclic) bond motifs is 2. The summed E-state index contributed by atoms with van der Waals surface area (Å²) >= 11 is 0. The number of carbonyl (C=O) groups excluding carboxylic acids is 2. The minimum atomic E-state index is 0.121. The number of hydrogen-bond donors (Lipinski definition) is 0. The average molecular weight is 669 g/mol. The second kappa shape index (κ2) is 25.0. The zero-order valence-electron chi connectivity index (χ0n) is 29.7. The Morgan fingerprint density at radius 3 is 1.15 bits per heavy atom. The fourth-order valence-electron chi connectivity index (χ4n) is 5.65. The van der Waals surface area contributed by atoms with Gasteiger partial charge in [0.2, 0.25) is 0 Å². The molecule has 8 heteroatoms. The molecule has 8 nitrogen and oxygen atoms in total. The quantitative estimate of drug-likeness (QED) is 0.115. The third-order valence-electron chi connectivity index (χ3n) is 8.49. The molecule has 1 heterocycles. The van der Waals surface area contributed by atoms with Gasteiger partial charge in [-0.1, -0.05) is 90.9 Å². The van der Waals surface area contributed by atoms with Crippen molar-refractivity contribution in [2.24, 2.45) is 0 Å². The van der Waals surface area contributed by atoms with Crippen molar-refractivity contribution in [1.82, 2.24) is 0 Å². The van der Waals surface area contributed by atoms with E-state index in [1.165, 1.54) is 64.2 Å². The van der Waals surface area contributed by atoms with Crippen molar-refractivity contribution >= 4 is 11.6 Å². The molecule has 48 heavy (non-hydrogen) atoms. The Hall–Kier alpha value is -3.10. The summed E-state index contributed by atoms with van der Waals surface area (Å²) < 4.78 is 35.5. The third kappa shape index (κ3) is 15.9. The van der Waals surface area contributed by atoms with Gasteiger partial charge < -0.3 is 28.4 Å². The largest absolute Gasteiger partial charge is 0.487 e. The fourth-order valence-corrected chi connectivity index (χ4v) is 5.65. The van der Waals surface area contributed by atoms with Gasteiger partial charge in [0.05, 0.1) is 26.4 Å². The SMILES string of the molecule is CCCCCCCCCC(=O)c1ccc2c(c1)OCCOCCOc1ccc(C(=O)CCCCCCCCC)cc1OCCOCCO2. The Morgan fingerprint density at radius 1 is 0.438 bits per heavy atom. The van der Waals surface area contributed by atoms with E-state index in [0.29, 0.717) is 99.8 Å². The molecule has 0 saturated carbocycles. The van der Waals surface area contributed by atoms with Crippen LogP contribution in [0.1, 0.15) is 137 Å². The highest BCUT2D eigenvalue weighted by molar-refractivity contribution is 5.97. The molecule has 0 spiro atoms. The van der Waals surface area contributed by atoms with Crippen LogP contribution in [0.15, 0.2) is 36.4 Å². The van der Waals surface area contributed by atoms with Gasteiger partial charge >= 0.3 is 0 Å². The summed E-state index contributed by atoms with van der Waals surface area (Å²) in [5, 5.41) is 0. The Balaban J connectivity index is 1.49. The summed E-state index contributed by atoms with van der Waals surface area (Å²) in [5.74, 6) is 2.42. The molecule has 0 N–H and O–H groups in total. The van der Waals surface area contributed by atoms with Crippen LogP contribution < -0.4 is 18.9 Å². The van der Waals surface area contributed by atoms with Crippen LogP contribution in [0.5, 0.6) is 23.0 Å². The fraction of sp³-hybridized carbons (Fsp3) is 0.650. The second-order valence-electron chi connectivity index (χ2n) is 12.5. The van der Waals surface area contributed by atoms with E-state index in [1.807, 2.05) is 12.1 Å². The van der Waals surface area contributed by atoms with Crippen LogP contribution in [0, 0.1) is 0 Å². The normalized spacial score (nSPS) is 14.5. The number of ether oxygens (including phenoxy) is 6. The van der Waals surface area contributed by atoms with Gasteiger partial charge in [-0.2, -0.15) is 0 Å². The molecule has 1 aliphatic heterocycles. The molecule has 0 atom stereocenters. The molecule has 2 aromatic carbocycles. The number of rotatable bonds is 18. The number of ketones is 2. The summed E-state index contributed by atoms with van der Waals surface area (Å²) in [4.78, 5) is 25.8. The highest BCUT2D eigenvalue weighted by atomic mass is 16.6. The molecular weight excluding hydrogens is 608 g/mol. The Bertz CT molecular complexity index is 1090. The lowest BCUT2D eigenvalue weighted by Gasteiger charge is -2.16. The topological polar surface area (TPSA) is 89.5 Å². The number of hydrogen-bond acceptors (Lipinski definition) is 8. The van der Waals surface area contributed by atoms with E-state index in [-0.39, 0.29) is 11.6 Å². The molecular formula is C40H60O8. The van der Waals surface area contributed by atoms with Crippen molar-refractivity contribution in [3.63, 3.8) is 0 Å². The minimum Gasteiger partial charge on any atom is -0.487 e. The van der Waals surface area contributed by atoms with Crippen molar-refractivity contribution in [2.45, 2.75) is 117 Å². The molecule has 0 aromatic heterocycles. The van der Waals surface area contributed by atoms with E-state index in [2.05, 4.69) is 13.8 Å². The smallest absolute Gasteiger partial charge is 0.163 e. The Morgan fingerprint density at radius 2 is 0.771 bits per heavy atom. The number of carbonyl (C=O) groups is 2. The van der Waals surface area contributed by atoms with Gasteiger partial charge in [0.25, 0.3) is 0 Å². The van der Waals surface area contributed by atoms with E-state index in [0.717, 1.165) is 25.7 Å². The number of benzene rings is 2. The van der Waals surface area contributed by atoms with Gasteiger partial charge in [0.1, 0.15) is 26.4 Å². The van der Waals surface area contributed by atoms with Crippen LogP contribution in [-0.2, 0) is 9.47 Å². The molecule has 0 saturated heterocycles. The summed E-state index contributed by atoms with van der Waals surface area (Å²) in [7, 11) is 0. The molecule has 268 valence electrons. The van der Waals surface area contributed by atoms with E-state index < -0.39 is 0 Å². The van der Waals surface area contributed by atoms with Crippen LogP contribution in [0.2, 0.25) is 0 Å². The van der Waals surface area contributed by atoms with Crippen LogP contribution in [0.3, 0.4) is 0 Å². The number of unbranched alkanes of at least 4 members (excludes halogenated alkanes) is 12. The molecule has 0 amide bonds. The van der Waals surface area contributed by atoms with Crippen molar-refractivity contribution in [3.05, 3.63) is 47.5 Å². The molecule has 0 aliphatic carbocycles. The second-order valence-corrected chi connectivity index (χ2v) is 12.5. The molecule has 1 aliphatic rings. The third-order valence-corrected chi connectivity index (χ3v) is 8.49. The summed E-state index contributed by atoms with van der Waals surface area (Å²) in [5.41, 5.74) is 1.27. The van der Waals surface area contributed by atoms with Crippen LogP contribution in [0.25, 0.3) is 0 Å². The van der Waals surface area contributed by atoms with Gasteiger partial charge in [0, 0.05) is 24.0 Å². The average Bonchev–Trinajstić information content (AvgIpc) is 3.10. The van der Waals surface area contributed by atoms with Crippen LogP contribution in [0.4, 0.5) is 0 Å². The van der Waals surface area contributed by atoms with E-state index >= 15 is 0 Å². The summed E-state index contributed by atoms with van der Waals surface area (Å²) in [6.45, 7) is 7.06. The molecule has 3 rings (SSSR count). The Labute approximate surface area is 289 Å². The molecule has 0 unspecified atom stereocenters. The van der Waals surface area contributed by atoms with Crippen molar-refractivity contribution in [1.29, 1.82) is 0 Å². The van der Waals surface area contributed by atoms with Gasteiger partial charge in [-0.3, -0.25) is 9.59 Å². The minimum absolute atomic E-state index is 0.121.